The molecule has 1 aliphatic rings. The lowest BCUT2D eigenvalue weighted by atomic mass is 9.92. The lowest BCUT2D eigenvalue weighted by molar-refractivity contribution is -0.139. The van der Waals surface area contributed by atoms with Gasteiger partial charge in [0.2, 0.25) is 21.8 Å². The summed E-state index contributed by atoms with van der Waals surface area (Å²) in [5.74, 6) is -1.83. The van der Waals surface area contributed by atoms with Crippen LogP contribution in [0.4, 0.5) is 8.78 Å². The quantitative estimate of drug-likeness (QED) is 0.319. The van der Waals surface area contributed by atoms with Crippen molar-refractivity contribution in [3.05, 3.63) is 76.3 Å². The van der Waals surface area contributed by atoms with Crippen molar-refractivity contribution < 1.29 is 31.5 Å². The molecule has 4 N–H and O–H groups in total. The van der Waals surface area contributed by atoms with Crippen LogP contribution < -0.4 is 15.8 Å². The van der Waals surface area contributed by atoms with Crippen LogP contribution in [0.25, 0.3) is 4.91 Å². The highest BCUT2D eigenvalue weighted by Crippen LogP contribution is 2.38. The van der Waals surface area contributed by atoms with Crippen LogP contribution in [0.1, 0.15) is 31.9 Å². The third-order valence-corrected chi connectivity index (χ3v) is 8.81. The third-order valence-electron chi connectivity index (χ3n) is 6.76. The van der Waals surface area contributed by atoms with E-state index < -0.39 is 52.3 Å². The molecule has 41 heavy (non-hydrogen) atoms. The maximum absolute atomic E-state index is 13.8. The molecule has 3 rings (SSSR count). The van der Waals surface area contributed by atoms with Crippen LogP contribution in [-0.2, 0) is 31.0 Å². The maximum atomic E-state index is 13.8. The van der Waals surface area contributed by atoms with Crippen molar-refractivity contribution in [3.8, 4) is 0 Å². The van der Waals surface area contributed by atoms with E-state index >= 15 is 0 Å². The zero-order valence-electron chi connectivity index (χ0n) is 23.1. The number of halogens is 3. The van der Waals surface area contributed by atoms with Crippen molar-refractivity contribution in [1.29, 1.82) is 0 Å². The van der Waals surface area contributed by atoms with Gasteiger partial charge in [0.25, 0.3) is 0 Å². The minimum Gasteiger partial charge on any atom is -0.374 e. The minimum atomic E-state index is -3.95. The van der Waals surface area contributed by atoms with Gasteiger partial charge in [-0.2, -0.15) is 0 Å². The lowest BCUT2D eigenvalue weighted by Gasteiger charge is -2.32. The summed E-state index contributed by atoms with van der Waals surface area (Å²) in [4.78, 5) is 27.9. The second-order valence-corrected chi connectivity index (χ2v) is 12.4. The van der Waals surface area contributed by atoms with Gasteiger partial charge in [-0.05, 0) is 49.6 Å². The number of nitrogens with zero attached hydrogens (tertiary/aromatic N) is 1. The Kier molecular flexibility index (Phi) is 10.6. The van der Waals surface area contributed by atoms with Crippen LogP contribution in [0, 0.1) is 0 Å². The van der Waals surface area contributed by atoms with E-state index in [2.05, 4.69) is 10.0 Å². The summed E-state index contributed by atoms with van der Waals surface area (Å²) in [7, 11) is -3.95. The Bertz CT molecular complexity index is 1370. The van der Waals surface area contributed by atoms with E-state index in [1.807, 2.05) is 30.3 Å². The predicted octanol–water partition coefficient (Wildman–Crippen LogP) is 2.95. The van der Waals surface area contributed by atoms with Gasteiger partial charge in [-0.1, -0.05) is 54.1 Å². The molecule has 0 bridgehead atoms. The van der Waals surface area contributed by atoms with Gasteiger partial charge in [0, 0.05) is 18.1 Å². The highest BCUT2D eigenvalue weighted by atomic mass is 35.5. The molecule has 0 spiro atoms. The number of rotatable bonds is 13. The molecule has 2 aromatic carbocycles. The Morgan fingerprint density at radius 2 is 1.73 bits per heavy atom. The highest BCUT2D eigenvalue weighted by molar-refractivity contribution is 7.99. The van der Waals surface area contributed by atoms with Crippen molar-refractivity contribution in [2.75, 3.05) is 33.0 Å². The van der Waals surface area contributed by atoms with Crippen LogP contribution in [0.5, 0.6) is 0 Å². The number of hydrogen-bond acceptors (Lipinski definition) is 6. The molecule has 0 saturated carbocycles. The van der Waals surface area contributed by atoms with E-state index in [4.69, 9.17) is 22.1 Å². The molecule has 1 atom stereocenters. The van der Waals surface area contributed by atoms with Gasteiger partial charge in [-0.25, -0.2) is 21.9 Å². The van der Waals surface area contributed by atoms with Gasteiger partial charge in [0.15, 0.2) is 5.54 Å². The number of carbonyl (C=O) groups excluding carboxylic acids is 2. The molecule has 1 aliphatic heterocycles. The Labute approximate surface area is 244 Å². The average Bonchev–Trinajstić information content (AvgIpc) is 3.13. The van der Waals surface area contributed by atoms with Crippen molar-refractivity contribution in [3.63, 3.8) is 0 Å². The molecule has 0 saturated heterocycles. The molecule has 1 heterocycles. The zero-order chi connectivity index (χ0) is 30.4. The van der Waals surface area contributed by atoms with E-state index in [1.54, 1.807) is 45.0 Å². The minimum absolute atomic E-state index is 0.0159. The number of nitrogens with two attached hydrogens (primary N) is 1. The maximum Gasteiger partial charge on any atom is 0.247 e. The van der Waals surface area contributed by atoms with Crippen LogP contribution in [-0.4, -0.2) is 75.3 Å². The first-order valence-corrected chi connectivity index (χ1v) is 14.8. The van der Waals surface area contributed by atoms with Gasteiger partial charge < -0.3 is 20.7 Å². The van der Waals surface area contributed by atoms with Crippen molar-refractivity contribution in [1.82, 2.24) is 14.9 Å². The lowest BCUT2D eigenvalue weighted by Crippen LogP contribution is -2.62. The molecule has 0 unspecified atom stereocenters. The van der Waals surface area contributed by atoms with E-state index in [-0.39, 0.29) is 31.2 Å². The summed E-state index contributed by atoms with van der Waals surface area (Å²) in [5, 5.41) is 2.77. The Hall–Kier alpha value is -2.90. The number of carbonyl (C=O) groups is 2. The highest BCUT2D eigenvalue weighted by Gasteiger charge is 2.44. The summed E-state index contributed by atoms with van der Waals surface area (Å²) < 4.78 is 61.6. The number of benzene rings is 2. The zero-order valence-corrected chi connectivity index (χ0v) is 24.7. The van der Waals surface area contributed by atoms with Crippen LogP contribution in [0.3, 0.4) is 0 Å². The number of ether oxygens (including phenoxy) is 1. The van der Waals surface area contributed by atoms with Crippen molar-refractivity contribution >= 4 is 38.3 Å². The molecule has 0 radical (unpaired) electrons. The summed E-state index contributed by atoms with van der Waals surface area (Å²) >= 11 is 6.00. The summed E-state index contributed by atoms with van der Waals surface area (Å²) in [6.07, 6.45) is 0. The van der Waals surface area contributed by atoms with E-state index in [0.717, 1.165) is 5.56 Å². The van der Waals surface area contributed by atoms with Gasteiger partial charge in [0.05, 0.1) is 23.7 Å². The second-order valence-electron chi connectivity index (χ2n) is 10.3. The van der Waals surface area contributed by atoms with Crippen LogP contribution in [0.15, 0.2) is 60.2 Å². The molecular formula is C28H35ClF2N4O5S. The van der Waals surface area contributed by atoms with Gasteiger partial charge in [0.1, 0.15) is 19.4 Å². The molecule has 2 aromatic rings. The van der Waals surface area contributed by atoms with E-state index in [9.17, 15) is 26.8 Å². The Morgan fingerprint density at radius 1 is 1.12 bits per heavy atom. The number of amides is 2. The van der Waals surface area contributed by atoms with Gasteiger partial charge in [-0.3, -0.25) is 9.59 Å². The molecule has 0 aromatic heterocycles. The van der Waals surface area contributed by atoms with Gasteiger partial charge in [-0.15, -0.1) is 0 Å². The number of nitrogens with one attached hydrogen (secondary N) is 2. The monoisotopic (exact) mass is 612 g/mol. The molecule has 9 nitrogen and oxygen atoms in total. The SMILES string of the molecule is CCN(CC1=C(c2ccc(Cl)cc2)S(=O)(=O)NC1(C)C)C(=O)[C@@H](COCc1ccccc1)NC(=O)C(N)(CF)CF. The molecule has 13 heteroatoms. The molecular weight excluding hydrogens is 578 g/mol. The summed E-state index contributed by atoms with van der Waals surface area (Å²) in [6.45, 7) is 1.85. The number of alkyl halides is 2. The van der Waals surface area contributed by atoms with Crippen LogP contribution in [0.2, 0.25) is 5.02 Å². The smallest absolute Gasteiger partial charge is 0.247 e. The fourth-order valence-electron chi connectivity index (χ4n) is 4.35. The normalized spacial score (nSPS) is 16.9. The standard InChI is InChI=1S/C28H35ClF2N4O5S/c1-4-35(14-22-24(20-10-12-21(29)13-11-20)41(38,39)34-27(22,2)3)25(36)23(33-26(37)28(32,17-30)18-31)16-40-15-19-8-6-5-7-9-19/h5-13,23,34H,4,14-18,32H2,1-3H3,(H,33,37)/t23-/m1/s1. The fraction of sp³-hybridized carbons (Fsp3) is 0.429. The molecule has 0 fully saturated rings. The molecule has 0 aliphatic carbocycles. The van der Waals surface area contributed by atoms with E-state index in [1.165, 1.54) is 4.90 Å². The van der Waals surface area contributed by atoms with Crippen LogP contribution >= 0.6 is 11.6 Å². The Balaban J connectivity index is 1.94. The first-order chi connectivity index (χ1) is 19.3. The largest absolute Gasteiger partial charge is 0.374 e. The number of hydrogen-bond donors (Lipinski definition) is 3. The fourth-order valence-corrected chi connectivity index (χ4v) is 6.47. The van der Waals surface area contributed by atoms with Crippen molar-refractivity contribution in [2.24, 2.45) is 5.73 Å². The first-order valence-electron chi connectivity index (χ1n) is 12.9. The van der Waals surface area contributed by atoms with Gasteiger partial charge >= 0.3 is 0 Å². The second kappa shape index (κ2) is 13.4. The third kappa shape index (κ3) is 7.69. The first kappa shape index (κ1) is 32.6. The summed E-state index contributed by atoms with van der Waals surface area (Å²) in [6, 6.07) is 14.0. The number of likely N-dealkylation sites (N-methyl/N-ethyl adjacent to an activating group) is 1. The van der Waals surface area contributed by atoms with Crippen molar-refractivity contribution in [2.45, 2.75) is 44.5 Å². The molecule has 2 amide bonds. The summed E-state index contributed by atoms with van der Waals surface area (Å²) in [5.41, 5.74) is 3.67. The number of sulfonamides is 1. The predicted molar refractivity (Wildman–Crippen MR) is 154 cm³/mol. The molecule has 224 valence electrons. The topological polar surface area (TPSA) is 131 Å². The average molecular weight is 613 g/mol. The van der Waals surface area contributed by atoms with E-state index in [0.29, 0.717) is 16.2 Å². The Morgan fingerprint density at radius 3 is 2.29 bits per heavy atom.